The van der Waals surface area contributed by atoms with Gasteiger partial charge in [0, 0.05) is 13.2 Å². The quantitative estimate of drug-likeness (QED) is 0.739. The number of rotatable bonds is 8. The van der Waals surface area contributed by atoms with Crippen molar-refractivity contribution in [2.45, 2.75) is 33.4 Å². The second-order valence-electron chi connectivity index (χ2n) is 5.56. The van der Waals surface area contributed by atoms with Crippen molar-refractivity contribution in [1.29, 1.82) is 0 Å². The summed E-state index contributed by atoms with van der Waals surface area (Å²) in [5, 5.41) is 3.44. The molecule has 0 amide bonds. The summed E-state index contributed by atoms with van der Waals surface area (Å²) >= 11 is 0. The minimum Gasteiger partial charge on any atom is -0.377 e. The van der Waals surface area contributed by atoms with E-state index >= 15 is 0 Å². The van der Waals surface area contributed by atoms with E-state index in [4.69, 9.17) is 4.74 Å². The molecule has 0 saturated heterocycles. The van der Waals surface area contributed by atoms with E-state index in [9.17, 15) is 0 Å². The van der Waals surface area contributed by atoms with Crippen molar-refractivity contribution in [3.05, 3.63) is 70.8 Å². The van der Waals surface area contributed by atoms with Crippen LogP contribution in [0.2, 0.25) is 0 Å². The van der Waals surface area contributed by atoms with Crippen LogP contribution < -0.4 is 5.32 Å². The van der Waals surface area contributed by atoms with Gasteiger partial charge in [-0.3, -0.25) is 0 Å². The van der Waals surface area contributed by atoms with E-state index in [1.165, 1.54) is 22.3 Å². The van der Waals surface area contributed by atoms with Gasteiger partial charge >= 0.3 is 0 Å². The van der Waals surface area contributed by atoms with Gasteiger partial charge in [0.1, 0.15) is 0 Å². The zero-order chi connectivity index (χ0) is 14.9. The molecular formula is C19H25NO. The molecule has 0 spiro atoms. The highest BCUT2D eigenvalue weighted by Crippen LogP contribution is 2.09. The number of nitrogens with one attached hydrogen (secondary N) is 1. The van der Waals surface area contributed by atoms with Gasteiger partial charge < -0.3 is 10.1 Å². The predicted molar refractivity (Wildman–Crippen MR) is 88.3 cm³/mol. The Kier molecular flexibility index (Phi) is 6.45. The van der Waals surface area contributed by atoms with E-state index in [-0.39, 0.29) is 0 Å². The van der Waals surface area contributed by atoms with Gasteiger partial charge in [-0.1, -0.05) is 59.7 Å². The molecule has 0 heterocycles. The summed E-state index contributed by atoms with van der Waals surface area (Å²) in [6.45, 7) is 7.68. The van der Waals surface area contributed by atoms with Crippen LogP contribution in [-0.4, -0.2) is 13.2 Å². The SMILES string of the molecule is Cc1cc(C)cc(COCCCNCc2ccccc2)c1. The Labute approximate surface area is 128 Å². The second kappa shape index (κ2) is 8.60. The first-order valence-corrected chi connectivity index (χ1v) is 7.63. The largest absolute Gasteiger partial charge is 0.377 e. The Bertz CT molecular complexity index is 516. The standard InChI is InChI=1S/C19H25NO/c1-16-11-17(2)13-19(12-16)15-21-10-6-9-20-14-18-7-4-3-5-8-18/h3-5,7-8,11-13,20H,6,9-10,14-15H2,1-2H3. The molecule has 0 aliphatic rings. The van der Waals surface area contributed by atoms with Crippen molar-refractivity contribution in [3.63, 3.8) is 0 Å². The molecule has 2 rings (SSSR count). The molecule has 0 aromatic heterocycles. The highest BCUT2D eigenvalue weighted by molar-refractivity contribution is 5.27. The summed E-state index contributed by atoms with van der Waals surface area (Å²) in [6, 6.07) is 17.1. The fourth-order valence-corrected chi connectivity index (χ4v) is 2.47. The Morgan fingerprint density at radius 1 is 0.905 bits per heavy atom. The molecule has 0 saturated carbocycles. The zero-order valence-electron chi connectivity index (χ0n) is 13.1. The minimum atomic E-state index is 0.710. The molecular weight excluding hydrogens is 258 g/mol. The fraction of sp³-hybridized carbons (Fsp3) is 0.368. The average molecular weight is 283 g/mol. The van der Waals surface area contributed by atoms with E-state index in [0.29, 0.717) is 6.61 Å². The van der Waals surface area contributed by atoms with Crippen molar-refractivity contribution in [2.24, 2.45) is 0 Å². The first-order valence-electron chi connectivity index (χ1n) is 7.63. The van der Waals surface area contributed by atoms with Crippen LogP contribution in [-0.2, 0) is 17.9 Å². The third kappa shape index (κ3) is 6.11. The van der Waals surface area contributed by atoms with Crippen LogP contribution in [0, 0.1) is 13.8 Å². The van der Waals surface area contributed by atoms with Gasteiger partial charge in [-0.25, -0.2) is 0 Å². The number of hydrogen-bond donors (Lipinski definition) is 1. The molecule has 0 unspecified atom stereocenters. The van der Waals surface area contributed by atoms with Gasteiger partial charge in [0.05, 0.1) is 6.61 Å². The maximum Gasteiger partial charge on any atom is 0.0717 e. The average Bonchev–Trinajstić information content (AvgIpc) is 2.46. The van der Waals surface area contributed by atoms with E-state index in [1.54, 1.807) is 0 Å². The lowest BCUT2D eigenvalue weighted by Gasteiger charge is -2.08. The van der Waals surface area contributed by atoms with Crippen molar-refractivity contribution in [3.8, 4) is 0 Å². The summed E-state index contributed by atoms with van der Waals surface area (Å²) in [6.07, 6.45) is 1.04. The van der Waals surface area contributed by atoms with E-state index in [2.05, 4.69) is 61.6 Å². The third-order valence-corrected chi connectivity index (χ3v) is 3.36. The van der Waals surface area contributed by atoms with Crippen LogP contribution in [0.4, 0.5) is 0 Å². The Morgan fingerprint density at radius 3 is 2.33 bits per heavy atom. The van der Waals surface area contributed by atoms with Crippen LogP contribution in [0.15, 0.2) is 48.5 Å². The highest BCUT2D eigenvalue weighted by atomic mass is 16.5. The maximum atomic E-state index is 5.74. The summed E-state index contributed by atoms with van der Waals surface area (Å²) in [5.41, 5.74) is 5.20. The maximum absolute atomic E-state index is 5.74. The van der Waals surface area contributed by atoms with Crippen molar-refractivity contribution in [2.75, 3.05) is 13.2 Å². The van der Waals surface area contributed by atoms with Crippen LogP contribution in [0.1, 0.15) is 28.7 Å². The zero-order valence-corrected chi connectivity index (χ0v) is 13.1. The van der Waals surface area contributed by atoms with Gasteiger partial charge in [-0.05, 0) is 37.9 Å². The van der Waals surface area contributed by atoms with Crippen LogP contribution in [0.25, 0.3) is 0 Å². The van der Waals surface area contributed by atoms with Crippen LogP contribution >= 0.6 is 0 Å². The van der Waals surface area contributed by atoms with E-state index in [1.807, 2.05) is 6.07 Å². The molecule has 2 aromatic rings. The topological polar surface area (TPSA) is 21.3 Å². The smallest absolute Gasteiger partial charge is 0.0717 e. The number of ether oxygens (including phenoxy) is 1. The Balaban J connectivity index is 1.56. The molecule has 2 nitrogen and oxygen atoms in total. The molecule has 0 atom stereocenters. The molecule has 0 aliphatic carbocycles. The molecule has 0 aliphatic heterocycles. The first-order chi connectivity index (χ1) is 10.2. The molecule has 21 heavy (non-hydrogen) atoms. The van der Waals surface area contributed by atoms with Crippen molar-refractivity contribution >= 4 is 0 Å². The molecule has 1 N–H and O–H groups in total. The molecule has 2 heteroatoms. The number of hydrogen-bond acceptors (Lipinski definition) is 2. The molecule has 2 aromatic carbocycles. The summed E-state index contributed by atoms with van der Waals surface area (Å²) < 4.78 is 5.74. The summed E-state index contributed by atoms with van der Waals surface area (Å²) in [4.78, 5) is 0. The van der Waals surface area contributed by atoms with Crippen LogP contribution in [0.3, 0.4) is 0 Å². The summed E-state index contributed by atoms with van der Waals surface area (Å²) in [5.74, 6) is 0. The van der Waals surface area contributed by atoms with Crippen LogP contribution in [0.5, 0.6) is 0 Å². The second-order valence-corrected chi connectivity index (χ2v) is 5.56. The Morgan fingerprint density at radius 2 is 1.62 bits per heavy atom. The van der Waals surface area contributed by atoms with Gasteiger partial charge in [-0.2, -0.15) is 0 Å². The molecule has 112 valence electrons. The lowest BCUT2D eigenvalue weighted by molar-refractivity contribution is 0.118. The fourth-order valence-electron chi connectivity index (χ4n) is 2.47. The van der Waals surface area contributed by atoms with Gasteiger partial charge in [0.25, 0.3) is 0 Å². The highest BCUT2D eigenvalue weighted by Gasteiger charge is 1.97. The summed E-state index contributed by atoms with van der Waals surface area (Å²) in [7, 11) is 0. The predicted octanol–water partition coefficient (Wildman–Crippen LogP) is 4.00. The van der Waals surface area contributed by atoms with Gasteiger partial charge in [0.2, 0.25) is 0 Å². The monoisotopic (exact) mass is 283 g/mol. The molecule has 0 fully saturated rings. The molecule has 0 bridgehead atoms. The third-order valence-electron chi connectivity index (χ3n) is 3.36. The first kappa shape index (κ1) is 15.7. The van der Waals surface area contributed by atoms with Gasteiger partial charge in [-0.15, -0.1) is 0 Å². The van der Waals surface area contributed by atoms with E-state index < -0.39 is 0 Å². The van der Waals surface area contributed by atoms with Crippen molar-refractivity contribution in [1.82, 2.24) is 5.32 Å². The lowest BCUT2D eigenvalue weighted by Crippen LogP contribution is -2.16. The van der Waals surface area contributed by atoms with E-state index in [0.717, 1.165) is 26.1 Å². The minimum absolute atomic E-state index is 0.710. The number of benzene rings is 2. The number of aryl methyl sites for hydroxylation is 2. The molecule has 0 radical (unpaired) electrons. The van der Waals surface area contributed by atoms with Crippen molar-refractivity contribution < 1.29 is 4.74 Å². The normalized spacial score (nSPS) is 10.8. The lowest BCUT2D eigenvalue weighted by atomic mass is 10.1. The van der Waals surface area contributed by atoms with Gasteiger partial charge in [0.15, 0.2) is 0 Å². The Hall–Kier alpha value is -1.64.